The number of nitrogens with zero attached hydrogens (tertiary/aromatic N) is 4. The summed E-state index contributed by atoms with van der Waals surface area (Å²) in [5, 5.41) is 11.8. The zero-order chi connectivity index (χ0) is 14.7. The van der Waals surface area contributed by atoms with Gasteiger partial charge in [-0.05, 0) is 13.8 Å². The molecule has 0 aliphatic heterocycles. The van der Waals surface area contributed by atoms with E-state index in [9.17, 15) is 4.79 Å². The minimum absolute atomic E-state index is 0.283. The minimum Gasteiger partial charge on any atom is -0.345 e. The van der Waals surface area contributed by atoms with Crippen LogP contribution in [0.25, 0.3) is 0 Å². The Morgan fingerprint density at radius 2 is 1.75 bits per heavy atom. The molecule has 2 rings (SSSR count). The first kappa shape index (κ1) is 14.9. The molecular formula is C12H15Cl2N5O. The number of hydrogen-bond acceptors (Lipinski definition) is 3. The highest BCUT2D eigenvalue weighted by Gasteiger charge is 2.17. The van der Waals surface area contributed by atoms with Crippen molar-refractivity contribution in [3.05, 3.63) is 33.8 Å². The fourth-order valence-corrected chi connectivity index (χ4v) is 2.35. The van der Waals surface area contributed by atoms with Gasteiger partial charge in [0, 0.05) is 13.1 Å². The molecule has 0 unspecified atom stereocenters. The van der Waals surface area contributed by atoms with Crippen LogP contribution in [0.15, 0.2) is 12.4 Å². The summed E-state index contributed by atoms with van der Waals surface area (Å²) in [7, 11) is 0. The molecule has 0 saturated carbocycles. The summed E-state index contributed by atoms with van der Waals surface area (Å²) in [6, 6.07) is 0. The van der Waals surface area contributed by atoms with Crippen molar-refractivity contribution in [3.63, 3.8) is 0 Å². The number of nitrogens with one attached hydrogen (secondary N) is 1. The number of hydrogen-bond donors (Lipinski definition) is 1. The Balaban J connectivity index is 2.12. The molecule has 0 aliphatic rings. The summed E-state index contributed by atoms with van der Waals surface area (Å²) in [5.74, 6) is -0.283. The van der Waals surface area contributed by atoms with Crippen LogP contribution in [0.4, 0.5) is 0 Å². The zero-order valence-corrected chi connectivity index (χ0v) is 12.7. The maximum absolute atomic E-state index is 12.2. The van der Waals surface area contributed by atoms with Crippen LogP contribution in [0.2, 0.25) is 10.0 Å². The molecule has 0 spiro atoms. The van der Waals surface area contributed by atoms with Gasteiger partial charge in [0.1, 0.15) is 5.69 Å². The van der Waals surface area contributed by atoms with Crippen LogP contribution in [0, 0.1) is 0 Å². The molecular weight excluding hydrogens is 301 g/mol. The van der Waals surface area contributed by atoms with Gasteiger partial charge in [-0.15, -0.1) is 0 Å². The first-order valence-electron chi connectivity index (χ1n) is 6.28. The third kappa shape index (κ3) is 2.81. The van der Waals surface area contributed by atoms with Gasteiger partial charge in [0.25, 0.3) is 5.91 Å². The molecule has 6 nitrogen and oxygen atoms in total. The van der Waals surface area contributed by atoms with Crippen LogP contribution in [-0.2, 0) is 19.6 Å². The Bertz CT molecular complexity index is 619. The lowest BCUT2D eigenvalue weighted by Gasteiger charge is -2.09. The third-order valence-corrected chi connectivity index (χ3v) is 3.52. The summed E-state index contributed by atoms with van der Waals surface area (Å²) in [5.41, 5.74) is 1.12. The maximum Gasteiger partial charge on any atom is 0.271 e. The largest absolute Gasteiger partial charge is 0.345 e. The van der Waals surface area contributed by atoms with E-state index in [4.69, 9.17) is 23.2 Å². The van der Waals surface area contributed by atoms with Gasteiger partial charge >= 0.3 is 0 Å². The molecule has 0 saturated heterocycles. The van der Waals surface area contributed by atoms with Gasteiger partial charge in [-0.25, -0.2) is 0 Å². The predicted octanol–water partition coefficient (Wildman–Crippen LogP) is 2.36. The summed E-state index contributed by atoms with van der Waals surface area (Å²) >= 11 is 12.0. The second kappa shape index (κ2) is 6.28. The van der Waals surface area contributed by atoms with Crippen LogP contribution in [0.1, 0.15) is 30.0 Å². The Kier molecular flexibility index (Phi) is 4.67. The molecule has 0 atom stereocenters. The van der Waals surface area contributed by atoms with Crippen molar-refractivity contribution in [2.75, 3.05) is 0 Å². The highest BCUT2D eigenvalue weighted by Crippen LogP contribution is 2.17. The normalized spacial score (nSPS) is 10.8. The Morgan fingerprint density at radius 1 is 1.15 bits per heavy atom. The first-order chi connectivity index (χ1) is 9.58. The molecule has 0 aliphatic carbocycles. The van der Waals surface area contributed by atoms with E-state index in [1.165, 1.54) is 6.20 Å². The van der Waals surface area contributed by atoms with Gasteiger partial charge in [0.2, 0.25) is 0 Å². The maximum atomic E-state index is 12.2. The molecule has 0 fully saturated rings. The molecule has 108 valence electrons. The SMILES string of the molecule is CCn1ncc(Cl)c1CNC(=O)c1c(Cl)cnn1CC. The van der Waals surface area contributed by atoms with Gasteiger partial charge < -0.3 is 5.32 Å². The van der Waals surface area contributed by atoms with E-state index in [2.05, 4.69) is 15.5 Å². The molecule has 20 heavy (non-hydrogen) atoms. The van der Waals surface area contributed by atoms with E-state index in [-0.39, 0.29) is 12.5 Å². The molecule has 1 N–H and O–H groups in total. The quantitative estimate of drug-likeness (QED) is 0.921. The molecule has 2 aromatic rings. The summed E-state index contributed by atoms with van der Waals surface area (Å²) < 4.78 is 3.29. The van der Waals surface area contributed by atoms with Crippen molar-refractivity contribution in [2.24, 2.45) is 0 Å². The van der Waals surface area contributed by atoms with E-state index in [1.54, 1.807) is 15.6 Å². The average molecular weight is 316 g/mol. The van der Waals surface area contributed by atoms with E-state index < -0.39 is 0 Å². The lowest BCUT2D eigenvalue weighted by molar-refractivity contribution is 0.0939. The molecule has 1 amide bonds. The van der Waals surface area contributed by atoms with Gasteiger partial charge in [-0.2, -0.15) is 10.2 Å². The highest BCUT2D eigenvalue weighted by molar-refractivity contribution is 6.33. The number of carbonyl (C=O) groups is 1. The van der Waals surface area contributed by atoms with Crippen LogP contribution < -0.4 is 5.32 Å². The van der Waals surface area contributed by atoms with E-state index in [0.717, 1.165) is 5.69 Å². The van der Waals surface area contributed by atoms with Crippen molar-refractivity contribution in [3.8, 4) is 0 Å². The predicted molar refractivity (Wildman–Crippen MR) is 77.0 cm³/mol. The topological polar surface area (TPSA) is 64.7 Å². The molecule has 0 bridgehead atoms. The van der Waals surface area contributed by atoms with Crippen molar-refractivity contribution < 1.29 is 4.79 Å². The first-order valence-corrected chi connectivity index (χ1v) is 7.03. The van der Waals surface area contributed by atoms with Crippen molar-refractivity contribution >= 4 is 29.1 Å². The third-order valence-electron chi connectivity index (χ3n) is 2.92. The molecule has 8 heteroatoms. The molecule has 2 heterocycles. The van der Waals surface area contributed by atoms with E-state index >= 15 is 0 Å². The Morgan fingerprint density at radius 3 is 2.40 bits per heavy atom. The van der Waals surface area contributed by atoms with Crippen LogP contribution in [0.5, 0.6) is 0 Å². The van der Waals surface area contributed by atoms with Crippen LogP contribution in [0.3, 0.4) is 0 Å². The standard InChI is InChI=1S/C12H15Cl2N5O/c1-3-18-10(8(13)5-16-18)7-15-12(20)11-9(14)6-17-19(11)4-2/h5-6H,3-4,7H2,1-2H3,(H,15,20). The molecule has 2 aromatic heterocycles. The minimum atomic E-state index is -0.283. The zero-order valence-electron chi connectivity index (χ0n) is 11.2. The lowest BCUT2D eigenvalue weighted by atomic mass is 10.3. The van der Waals surface area contributed by atoms with Gasteiger partial charge in [-0.1, -0.05) is 23.2 Å². The number of amides is 1. The number of aromatic nitrogens is 4. The fraction of sp³-hybridized carbons (Fsp3) is 0.417. The van der Waals surface area contributed by atoms with Crippen molar-refractivity contribution in [2.45, 2.75) is 33.5 Å². The number of halogens is 2. The van der Waals surface area contributed by atoms with Crippen LogP contribution >= 0.6 is 23.2 Å². The second-order valence-electron chi connectivity index (χ2n) is 4.09. The smallest absolute Gasteiger partial charge is 0.271 e. The lowest BCUT2D eigenvalue weighted by Crippen LogP contribution is -2.27. The average Bonchev–Trinajstić information content (AvgIpc) is 2.99. The highest BCUT2D eigenvalue weighted by atomic mass is 35.5. The van der Waals surface area contributed by atoms with Crippen molar-refractivity contribution in [1.29, 1.82) is 0 Å². The second-order valence-corrected chi connectivity index (χ2v) is 4.91. The monoisotopic (exact) mass is 315 g/mol. The van der Waals surface area contributed by atoms with Crippen molar-refractivity contribution in [1.82, 2.24) is 24.9 Å². The van der Waals surface area contributed by atoms with E-state index in [0.29, 0.717) is 28.8 Å². The number of carbonyl (C=O) groups excluding carboxylic acids is 1. The number of aryl methyl sites for hydroxylation is 2. The molecule has 0 radical (unpaired) electrons. The van der Waals surface area contributed by atoms with Gasteiger partial charge in [-0.3, -0.25) is 14.2 Å². The van der Waals surface area contributed by atoms with Crippen LogP contribution in [-0.4, -0.2) is 25.5 Å². The summed E-state index contributed by atoms with van der Waals surface area (Å²) in [6.45, 7) is 5.40. The summed E-state index contributed by atoms with van der Waals surface area (Å²) in [4.78, 5) is 12.2. The number of rotatable bonds is 5. The van der Waals surface area contributed by atoms with Gasteiger partial charge in [0.15, 0.2) is 0 Å². The Labute approximate surface area is 126 Å². The fourth-order valence-electron chi connectivity index (χ4n) is 1.91. The Hall–Kier alpha value is -1.53. The van der Waals surface area contributed by atoms with E-state index in [1.807, 2.05) is 13.8 Å². The van der Waals surface area contributed by atoms with Gasteiger partial charge in [0.05, 0.1) is 34.7 Å². The summed E-state index contributed by atoms with van der Waals surface area (Å²) in [6.07, 6.45) is 3.03. The molecule has 0 aromatic carbocycles.